The van der Waals surface area contributed by atoms with Crippen molar-refractivity contribution in [2.45, 2.75) is 6.92 Å². The highest BCUT2D eigenvalue weighted by atomic mass is 79.9. The molecule has 0 aliphatic carbocycles. The number of nitrogen functional groups attached to an aromatic ring is 1. The fourth-order valence-corrected chi connectivity index (χ4v) is 2.13. The number of carbonyl (C=O) groups excluding carboxylic acids is 1. The van der Waals surface area contributed by atoms with Gasteiger partial charge in [0.15, 0.2) is 5.15 Å². The van der Waals surface area contributed by atoms with E-state index in [9.17, 15) is 4.79 Å². The summed E-state index contributed by atoms with van der Waals surface area (Å²) in [6, 6.07) is 6.85. The Balaban J connectivity index is 2.28. The molecule has 0 bridgehead atoms. The third-order valence-corrected chi connectivity index (χ3v) is 3.15. The molecule has 2 aromatic rings. The van der Waals surface area contributed by atoms with E-state index in [2.05, 4.69) is 26.2 Å². The number of rotatable bonds is 2. The lowest BCUT2D eigenvalue weighted by Crippen LogP contribution is -2.13. The summed E-state index contributed by atoms with van der Waals surface area (Å²) in [6.07, 6.45) is 1.56. The van der Waals surface area contributed by atoms with E-state index in [4.69, 9.17) is 17.3 Å². The van der Waals surface area contributed by atoms with Crippen LogP contribution in [0.5, 0.6) is 0 Å². The van der Waals surface area contributed by atoms with E-state index in [-0.39, 0.29) is 11.1 Å². The molecule has 1 aromatic carbocycles. The van der Waals surface area contributed by atoms with Crippen molar-refractivity contribution in [3.8, 4) is 0 Å². The molecule has 0 aliphatic rings. The second-order valence-electron chi connectivity index (χ2n) is 4.08. The van der Waals surface area contributed by atoms with Crippen LogP contribution in [0.3, 0.4) is 0 Å². The first-order valence-corrected chi connectivity index (χ1v) is 6.62. The summed E-state index contributed by atoms with van der Waals surface area (Å²) in [7, 11) is 0. The van der Waals surface area contributed by atoms with Gasteiger partial charge in [-0.3, -0.25) is 4.79 Å². The van der Waals surface area contributed by atoms with E-state index in [0.29, 0.717) is 16.9 Å². The topological polar surface area (TPSA) is 68.0 Å². The summed E-state index contributed by atoms with van der Waals surface area (Å²) >= 11 is 9.19. The van der Waals surface area contributed by atoms with Gasteiger partial charge in [-0.2, -0.15) is 0 Å². The van der Waals surface area contributed by atoms with Crippen molar-refractivity contribution < 1.29 is 4.79 Å². The fourth-order valence-electron chi connectivity index (χ4n) is 1.65. The molecule has 1 heterocycles. The Hall–Kier alpha value is -1.59. The maximum atomic E-state index is 12.1. The minimum Gasteiger partial charge on any atom is -0.399 e. The van der Waals surface area contributed by atoms with Gasteiger partial charge in [-0.25, -0.2) is 4.98 Å². The van der Waals surface area contributed by atoms with Crippen LogP contribution in [-0.2, 0) is 0 Å². The van der Waals surface area contributed by atoms with E-state index in [1.165, 1.54) is 0 Å². The average molecular weight is 341 g/mol. The first-order valence-electron chi connectivity index (χ1n) is 5.45. The molecule has 0 spiro atoms. The molecule has 4 nitrogen and oxygen atoms in total. The third-order valence-electron chi connectivity index (χ3n) is 2.42. The molecular weight excluding hydrogens is 330 g/mol. The van der Waals surface area contributed by atoms with Gasteiger partial charge in [0.25, 0.3) is 5.91 Å². The lowest BCUT2D eigenvalue weighted by Gasteiger charge is -2.08. The first-order chi connectivity index (χ1) is 8.95. The third kappa shape index (κ3) is 3.45. The van der Waals surface area contributed by atoms with Crippen molar-refractivity contribution in [3.05, 3.63) is 51.2 Å². The molecule has 1 aromatic heterocycles. The Kier molecular flexibility index (Phi) is 4.07. The van der Waals surface area contributed by atoms with Gasteiger partial charge in [-0.1, -0.05) is 11.6 Å². The van der Waals surface area contributed by atoms with Crippen LogP contribution in [0.2, 0.25) is 5.15 Å². The van der Waals surface area contributed by atoms with Gasteiger partial charge < -0.3 is 11.1 Å². The number of anilines is 2. The summed E-state index contributed by atoms with van der Waals surface area (Å²) in [6.45, 7) is 1.88. The van der Waals surface area contributed by atoms with Crippen LogP contribution in [0.15, 0.2) is 34.9 Å². The molecule has 6 heteroatoms. The van der Waals surface area contributed by atoms with Gasteiger partial charge in [0.2, 0.25) is 0 Å². The standard InChI is InChI=1S/C13H11BrClN3O/c1-7-2-8(4-10(16)3-7)13(19)18-11-5-9(14)6-17-12(11)15/h2-6H,16H2,1H3,(H,18,19). The number of hydrogen-bond donors (Lipinski definition) is 2. The van der Waals surface area contributed by atoms with Gasteiger partial charge in [0.05, 0.1) is 5.69 Å². The van der Waals surface area contributed by atoms with Crippen molar-refractivity contribution >= 4 is 44.8 Å². The average Bonchev–Trinajstić information content (AvgIpc) is 2.32. The second-order valence-corrected chi connectivity index (χ2v) is 5.35. The molecule has 0 saturated heterocycles. The van der Waals surface area contributed by atoms with Crippen molar-refractivity contribution in [3.63, 3.8) is 0 Å². The maximum absolute atomic E-state index is 12.1. The Morgan fingerprint density at radius 2 is 2.11 bits per heavy atom. The fraction of sp³-hybridized carbons (Fsp3) is 0.0769. The summed E-state index contributed by atoms with van der Waals surface area (Å²) in [4.78, 5) is 16.1. The smallest absolute Gasteiger partial charge is 0.255 e. The lowest BCUT2D eigenvalue weighted by atomic mass is 10.1. The maximum Gasteiger partial charge on any atom is 0.255 e. The van der Waals surface area contributed by atoms with Gasteiger partial charge in [-0.15, -0.1) is 0 Å². The van der Waals surface area contributed by atoms with Crippen molar-refractivity contribution in [2.75, 3.05) is 11.1 Å². The summed E-state index contributed by atoms with van der Waals surface area (Å²) in [5.74, 6) is -0.280. The molecule has 0 aliphatic heterocycles. The highest BCUT2D eigenvalue weighted by Gasteiger charge is 2.10. The molecule has 2 rings (SSSR count). The summed E-state index contributed by atoms with van der Waals surface area (Å²) < 4.78 is 0.732. The molecule has 0 atom stereocenters. The van der Waals surface area contributed by atoms with Crippen LogP contribution in [-0.4, -0.2) is 10.9 Å². The lowest BCUT2D eigenvalue weighted by molar-refractivity contribution is 0.102. The van der Waals surface area contributed by atoms with E-state index >= 15 is 0 Å². The molecular formula is C13H11BrClN3O. The van der Waals surface area contributed by atoms with E-state index in [0.717, 1.165) is 10.0 Å². The number of amides is 1. The zero-order valence-corrected chi connectivity index (χ0v) is 12.4. The number of nitrogens with two attached hydrogens (primary N) is 1. The van der Waals surface area contributed by atoms with E-state index in [1.54, 1.807) is 30.5 Å². The van der Waals surface area contributed by atoms with E-state index in [1.807, 2.05) is 6.92 Å². The van der Waals surface area contributed by atoms with Crippen LogP contribution in [0.25, 0.3) is 0 Å². The highest BCUT2D eigenvalue weighted by molar-refractivity contribution is 9.10. The number of aryl methyl sites for hydroxylation is 1. The van der Waals surface area contributed by atoms with Crippen LogP contribution in [0, 0.1) is 6.92 Å². The van der Waals surface area contributed by atoms with Gasteiger partial charge in [0, 0.05) is 21.9 Å². The predicted octanol–water partition coefficient (Wildman–Crippen LogP) is 3.64. The highest BCUT2D eigenvalue weighted by Crippen LogP contribution is 2.24. The number of aromatic nitrogens is 1. The number of carbonyl (C=O) groups is 1. The Bertz CT molecular complexity index is 626. The Morgan fingerprint density at radius 1 is 1.37 bits per heavy atom. The van der Waals surface area contributed by atoms with Crippen molar-refractivity contribution in [1.29, 1.82) is 0 Å². The van der Waals surface area contributed by atoms with Crippen LogP contribution >= 0.6 is 27.5 Å². The van der Waals surface area contributed by atoms with Crippen LogP contribution in [0.1, 0.15) is 15.9 Å². The number of hydrogen-bond acceptors (Lipinski definition) is 3. The second kappa shape index (κ2) is 5.59. The van der Waals surface area contributed by atoms with Crippen molar-refractivity contribution in [2.24, 2.45) is 0 Å². The zero-order chi connectivity index (χ0) is 14.0. The monoisotopic (exact) mass is 339 g/mol. The Morgan fingerprint density at radius 3 is 2.79 bits per heavy atom. The summed E-state index contributed by atoms with van der Waals surface area (Å²) in [5.41, 5.74) is 8.11. The number of pyridine rings is 1. The normalized spacial score (nSPS) is 10.3. The van der Waals surface area contributed by atoms with Gasteiger partial charge in [-0.05, 0) is 52.7 Å². The van der Waals surface area contributed by atoms with Crippen LogP contribution in [0.4, 0.5) is 11.4 Å². The van der Waals surface area contributed by atoms with Crippen LogP contribution < -0.4 is 11.1 Å². The zero-order valence-electron chi connectivity index (χ0n) is 10.1. The molecule has 98 valence electrons. The molecule has 0 unspecified atom stereocenters. The summed E-state index contributed by atoms with van der Waals surface area (Å²) in [5, 5.41) is 2.94. The predicted molar refractivity (Wildman–Crippen MR) is 80.5 cm³/mol. The molecule has 0 fully saturated rings. The number of nitrogens with one attached hydrogen (secondary N) is 1. The Labute approximate surface area is 124 Å². The van der Waals surface area contributed by atoms with Crippen molar-refractivity contribution in [1.82, 2.24) is 4.98 Å². The minimum absolute atomic E-state index is 0.233. The number of benzene rings is 1. The largest absolute Gasteiger partial charge is 0.399 e. The van der Waals surface area contributed by atoms with Gasteiger partial charge >= 0.3 is 0 Å². The van der Waals surface area contributed by atoms with E-state index < -0.39 is 0 Å². The first kappa shape index (κ1) is 13.8. The number of halogens is 2. The molecule has 19 heavy (non-hydrogen) atoms. The minimum atomic E-state index is -0.280. The molecule has 1 amide bonds. The molecule has 3 N–H and O–H groups in total. The molecule has 0 radical (unpaired) electrons. The SMILES string of the molecule is Cc1cc(N)cc(C(=O)Nc2cc(Br)cnc2Cl)c1. The molecule has 0 saturated carbocycles. The number of nitrogens with zero attached hydrogens (tertiary/aromatic N) is 1. The quantitative estimate of drug-likeness (QED) is 0.648. The van der Waals surface area contributed by atoms with Gasteiger partial charge in [0.1, 0.15) is 0 Å².